The molecule has 0 saturated carbocycles. The molecule has 0 radical (unpaired) electrons. The highest BCUT2D eigenvalue weighted by Crippen LogP contribution is 2.32. The van der Waals surface area contributed by atoms with Crippen LogP contribution in [0.2, 0.25) is 0 Å². The lowest BCUT2D eigenvalue weighted by atomic mass is 10.2. The Bertz CT molecular complexity index is 1010. The molecule has 0 fully saturated rings. The molecule has 0 aromatic heterocycles. The summed E-state index contributed by atoms with van der Waals surface area (Å²) in [7, 11) is -8.19. The normalized spacial score (nSPS) is 12.8. The van der Waals surface area contributed by atoms with Crippen molar-refractivity contribution in [1.29, 1.82) is 0 Å². The fourth-order valence-electron chi connectivity index (χ4n) is 1.98. The molecule has 0 unspecified atom stereocenters. The molecule has 2 rings (SSSR count). The first kappa shape index (κ1) is 19.3. The van der Waals surface area contributed by atoms with Crippen molar-refractivity contribution in [2.45, 2.75) is 22.9 Å². The molecule has 0 aliphatic carbocycles. The lowest BCUT2D eigenvalue weighted by Crippen LogP contribution is -2.13. The zero-order valence-electron chi connectivity index (χ0n) is 13.0. The molecule has 0 atom stereocenters. The summed E-state index contributed by atoms with van der Waals surface area (Å²) < 4.78 is 90.7. The van der Waals surface area contributed by atoms with Gasteiger partial charge < -0.3 is 4.18 Å². The van der Waals surface area contributed by atoms with Crippen molar-refractivity contribution < 1.29 is 34.2 Å². The van der Waals surface area contributed by atoms with Gasteiger partial charge in [0.2, 0.25) is 0 Å². The molecule has 0 N–H and O–H groups in total. The molecule has 136 valence electrons. The Morgan fingerprint density at radius 1 is 0.960 bits per heavy atom. The second kappa shape index (κ2) is 6.34. The van der Waals surface area contributed by atoms with Gasteiger partial charge in [-0.05, 0) is 42.8 Å². The predicted molar refractivity (Wildman–Crippen MR) is 83.5 cm³/mol. The summed E-state index contributed by atoms with van der Waals surface area (Å²) in [6, 6.07) is 6.80. The van der Waals surface area contributed by atoms with Gasteiger partial charge in [-0.1, -0.05) is 12.1 Å². The summed E-state index contributed by atoms with van der Waals surface area (Å²) in [5.41, 5.74) is -0.874. The summed E-state index contributed by atoms with van der Waals surface area (Å²) >= 11 is 0. The van der Waals surface area contributed by atoms with E-state index in [1.54, 1.807) is 0 Å². The number of halogens is 3. The topological polar surface area (TPSA) is 77.5 Å². The Labute approximate surface area is 143 Å². The van der Waals surface area contributed by atoms with Crippen molar-refractivity contribution in [1.82, 2.24) is 0 Å². The number of hydrogen-bond acceptors (Lipinski definition) is 5. The minimum absolute atomic E-state index is 0.194. The molecule has 2 aromatic rings. The Balaban J connectivity index is 2.47. The van der Waals surface area contributed by atoms with Crippen LogP contribution in [0, 0.1) is 6.92 Å². The van der Waals surface area contributed by atoms with Crippen molar-refractivity contribution in [3.8, 4) is 5.75 Å². The van der Waals surface area contributed by atoms with E-state index in [0.717, 1.165) is 30.5 Å². The molecule has 5 nitrogen and oxygen atoms in total. The fraction of sp³-hybridized carbons (Fsp3) is 0.200. The van der Waals surface area contributed by atoms with Crippen LogP contribution in [0.25, 0.3) is 0 Å². The van der Waals surface area contributed by atoms with E-state index in [-0.39, 0.29) is 10.5 Å². The zero-order chi connectivity index (χ0) is 19.0. The van der Waals surface area contributed by atoms with Crippen molar-refractivity contribution in [2.75, 3.05) is 6.26 Å². The first-order chi connectivity index (χ1) is 11.3. The Hall–Kier alpha value is -2.07. The average molecular weight is 394 g/mol. The van der Waals surface area contributed by atoms with Crippen LogP contribution in [0.5, 0.6) is 5.75 Å². The first-order valence-corrected chi connectivity index (χ1v) is 10.0. The maximum Gasteiger partial charge on any atom is 0.416 e. The summed E-state index contributed by atoms with van der Waals surface area (Å²) in [6.07, 6.45) is -3.75. The first-order valence-electron chi connectivity index (χ1n) is 6.73. The number of benzene rings is 2. The van der Waals surface area contributed by atoms with E-state index >= 15 is 0 Å². The molecule has 25 heavy (non-hydrogen) atoms. The summed E-state index contributed by atoms with van der Waals surface area (Å²) in [4.78, 5) is -0.683. The van der Waals surface area contributed by atoms with Gasteiger partial charge in [-0.25, -0.2) is 8.42 Å². The standard InChI is InChI=1S/C15H13F3O5S2/c1-10-6-7-13(24(2,19)20)9-14(10)25(21,22)23-12-5-3-4-11(8-12)15(16,17)18/h3-9H,1-2H3. The molecular weight excluding hydrogens is 381 g/mol. The molecule has 0 bridgehead atoms. The van der Waals surface area contributed by atoms with Gasteiger partial charge in [0.05, 0.1) is 10.5 Å². The van der Waals surface area contributed by atoms with Crippen LogP contribution < -0.4 is 4.18 Å². The van der Waals surface area contributed by atoms with Crippen molar-refractivity contribution in [2.24, 2.45) is 0 Å². The van der Waals surface area contributed by atoms with Crippen molar-refractivity contribution in [3.63, 3.8) is 0 Å². The smallest absolute Gasteiger partial charge is 0.379 e. The van der Waals surface area contributed by atoms with Gasteiger partial charge in [0.1, 0.15) is 10.6 Å². The largest absolute Gasteiger partial charge is 0.416 e. The number of rotatable bonds is 4. The van der Waals surface area contributed by atoms with Crippen LogP contribution in [-0.2, 0) is 26.1 Å². The maximum absolute atomic E-state index is 12.7. The second-order valence-electron chi connectivity index (χ2n) is 5.26. The van der Waals surface area contributed by atoms with Crippen LogP contribution in [-0.4, -0.2) is 23.1 Å². The summed E-state index contributed by atoms with van der Waals surface area (Å²) in [5, 5.41) is 0. The van der Waals surface area contributed by atoms with E-state index in [9.17, 15) is 30.0 Å². The maximum atomic E-state index is 12.7. The predicted octanol–water partition coefficient (Wildman–Crippen LogP) is 3.19. The van der Waals surface area contributed by atoms with Crippen LogP contribution in [0.4, 0.5) is 13.2 Å². The lowest BCUT2D eigenvalue weighted by Gasteiger charge is -2.12. The van der Waals surface area contributed by atoms with Crippen LogP contribution in [0.15, 0.2) is 52.3 Å². The number of sulfone groups is 1. The van der Waals surface area contributed by atoms with Crippen molar-refractivity contribution >= 4 is 20.0 Å². The molecule has 0 saturated heterocycles. The lowest BCUT2D eigenvalue weighted by molar-refractivity contribution is -0.137. The highest BCUT2D eigenvalue weighted by molar-refractivity contribution is 7.90. The van der Waals surface area contributed by atoms with Crippen LogP contribution >= 0.6 is 0 Å². The molecule has 10 heteroatoms. The van der Waals surface area contributed by atoms with Gasteiger partial charge in [0, 0.05) is 6.26 Å². The fourth-order valence-corrected chi connectivity index (χ4v) is 3.88. The Morgan fingerprint density at radius 2 is 1.60 bits per heavy atom. The molecule has 2 aromatic carbocycles. The van der Waals surface area contributed by atoms with Gasteiger partial charge in [-0.2, -0.15) is 21.6 Å². The molecule has 0 aliphatic rings. The number of alkyl halides is 3. The van der Waals surface area contributed by atoms with Crippen LogP contribution in [0.1, 0.15) is 11.1 Å². The third-order valence-corrected chi connectivity index (χ3v) is 5.73. The highest BCUT2D eigenvalue weighted by atomic mass is 32.2. The molecular formula is C15H13F3O5S2. The Kier molecular flexibility index (Phi) is 4.88. The van der Waals surface area contributed by atoms with E-state index in [4.69, 9.17) is 4.18 Å². The molecule has 0 amide bonds. The van der Waals surface area contributed by atoms with Gasteiger partial charge in [-0.15, -0.1) is 0 Å². The summed E-state index contributed by atoms with van der Waals surface area (Å²) in [5.74, 6) is -0.529. The second-order valence-corrected chi connectivity index (χ2v) is 8.79. The van der Waals surface area contributed by atoms with Crippen molar-refractivity contribution in [3.05, 3.63) is 53.6 Å². The summed E-state index contributed by atoms with van der Waals surface area (Å²) in [6.45, 7) is 1.41. The van der Waals surface area contributed by atoms with E-state index in [1.165, 1.54) is 19.1 Å². The average Bonchev–Trinajstić information content (AvgIpc) is 2.45. The monoisotopic (exact) mass is 394 g/mol. The molecule has 0 heterocycles. The quantitative estimate of drug-likeness (QED) is 0.745. The van der Waals surface area contributed by atoms with E-state index in [0.29, 0.717) is 6.07 Å². The van der Waals surface area contributed by atoms with E-state index < -0.39 is 42.3 Å². The van der Waals surface area contributed by atoms with Gasteiger partial charge in [0.25, 0.3) is 0 Å². The van der Waals surface area contributed by atoms with Gasteiger partial charge in [-0.3, -0.25) is 0 Å². The third-order valence-electron chi connectivity index (χ3n) is 3.22. The van der Waals surface area contributed by atoms with E-state index in [1.807, 2.05) is 0 Å². The van der Waals surface area contributed by atoms with Gasteiger partial charge >= 0.3 is 16.3 Å². The number of aryl methyl sites for hydroxylation is 1. The van der Waals surface area contributed by atoms with E-state index in [2.05, 4.69) is 0 Å². The van der Waals surface area contributed by atoms with Gasteiger partial charge in [0.15, 0.2) is 9.84 Å². The third kappa shape index (κ3) is 4.51. The van der Waals surface area contributed by atoms with Crippen LogP contribution in [0.3, 0.4) is 0 Å². The minimum Gasteiger partial charge on any atom is -0.379 e. The minimum atomic E-state index is -4.66. The molecule has 0 spiro atoms. The SMILES string of the molecule is Cc1ccc(S(C)(=O)=O)cc1S(=O)(=O)Oc1cccc(C(F)(F)F)c1. The molecule has 0 aliphatic heterocycles. The highest BCUT2D eigenvalue weighted by Gasteiger charge is 2.31. The number of hydrogen-bond donors (Lipinski definition) is 0. The Morgan fingerprint density at radius 3 is 2.16 bits per heavy atom. The zero-order valence-corrected chi connectivity index (χ0v) is 14.7.